The van der Waals surface area contributed by atoms with Crippen LogP contribution in [0, 0.1) is 17.0 Å². The Hall–Kier alpha value is -1.74. The smallest absolute Gasteiger partial charge is 0.405 e. The third kappa shape index (κ3) is 5.76. The lowest BCUT2D eigenvalue weighted by atomic mass is 9.86. The molecule has 2 amide bonds. The highest BCUT2D eigenvalue weighted by Crippen LogP contribution is 2.20. The number of nitrogens with one attached hydrogen (secondary N) is 3. The van der Waals surface area contributed by atoms with Crippen molar-refractivity contribution in [2.24, 2.45) is 5.41 Å². The van der Waals surface area contributed by atoms with Crippen molar-refractivity contribution in [1.29, 1.82) is 0 Å². The Morgan fingerprint density at radius 2 is 1.78 bits per heavy atom. The van der Waals surface area contributed by atoms with Gasteiger partial charge in [-0.25, -0.2) is 19.0 Å². The average molecular weight is 394 g/mol. The number of hydrazine groups is 1. The standard InChI is InChI=1S/C14H18BrF2N3O3/c1-14(2,3)11(19-13(22)23)12(21)20-18-6-8-9(16)4-7(15)5-10(8)17/h4-5,11,18-19H,6H2,1-3H3,(H,20,21)(H,22,23)/t11-/m1/s1. The summed E-state index contributed by atoms with van der Waals surface area (Å²) in [6.45, 7) is 4.75. The number of rotatable bonds is 5. The first-order chi connectivity index (χ1) is 10.5. The first-order valence-electron chi connectivity index (χ1n) is 6.68. The summed E-state index contributed by atoms with van der Waals surface area (Å²) in [6, 6.07) is 1.17. The molecule has 0 fully saturated rings. The van der Waals surface area contributed by atoms with Gasteiger partial charge in [0.25, 0.3) is 5.91 Å². The van der Waals surface area contributed by atoms with E-state index in [0.717, 1.165) is 12.1 Å². The predicted octanol–water partition coefficient (Wildman–Crippen LogP) is 2.53. The highest BCUT2D eigenvalue weighted by Gasteiger charge is 2.32. The van der Waals surface area contributed by atoms with E-state index in [9.17, 15) is 18.4 Å². The van der Waals surface area contributed by atoms with E-state index >= 15 is 0 Å². The van der Waals surface area contributed by atoms with E-state index < -0.39 is 35.1 Å². The van der Waals surface area contributed by atoms with E-state index in [4.69, 9.17) is 5.11 Å². The largest absolute Gasteiger partial charge is 0.465 e. The molecule has 0 spiro atoms. The number of halogens is 3. The fourth-order valence-electron chi connectivity index (χ4n) is 1.83. The summed E-state index contributed by atoms with van der Waals surface area (Å²) in [5.41, 5.74) is 3.73. The van der Waals surface area contributed by atoms with Crippen LogP contribution in [-0.2, 0) is 11.3 Å². The average Bonchev–Trinajstić information content (AvgIpc) is 2.37. The molecule has 0 aliphatic rings. The quantitative estimate of drug-likeness (QED) is 0.578. The third-order valence-electron chi connectivity index (χ3n) is 2.98. The minimum absolute atomic E-state index is 0.244. The molecule has 0 aromatic heterocycles. The van der Waals surface area contributed by atoms with Crippen LogP contribution in [0.5, 0.6) is 0 Å². The van der Waals surface area contributed by atoms with Gasteiger partial charge in [0.1, 0.15) is 17.7 Å². The summed E-state index contributed by atoms with van der Waals surface area (Å²) in [5.74, 6) is -2.19. The topological polar surface area (TPSA) is 90.5 Å². The summed E-state index contributed by atoms with van der Waals surface area (Å²) < 4.78 is 27.5. The highest BCUT2D eigenvalue weighted by molar-refractivity contribution is 9.10. The van der Waals surface area contributed by atoms with E-state index in [1.54, 1.807) is 20.8 Å². The van der Waals surface area contributed by atoms with Crippen LogP contribution >= 0.6 is 15.9 Å². The van der Waals surface area contributed by atoms with E-state index in [-0.39, 0.29) is 16.6 Å². The lowest BCUT2D eigenvalue weighted by Crippen LogP contribution is -2.56. The molecule has 1 aromatic rings. The number of carbonyl (C=O) groups is 2. The fraction of sp³-hybridized carbons (Fsp3) is 0.429. The second-order valence-corrected chi connectivity index (χ2v) is 6.85. The van der Waals surface area contributed by atoms with Crippen molar-refractivity contribution in [3.63, 3.8) is 0 Å². The van der Waals surface area contributed by atoms with E-state index in [2.05, 4.69) is 32.1 Å². The number of carboxylic acid groups (broad SMARTS) is 1. The van der Waals surface area contributed by atoms with E-state index in [1.807, 2.05) is 0 Å². The summed E-state index contributed by atoms with van der Waals surface area (Å²) in [4.78, 5) is 22.8. The highest BCUT2D eigenvalue weighted by atomic mass is 79.9. The molecule has 1 atom stereocenters. The Morgan fingerprint density at radius 3 is 2.22 bits per heavy atom. The summed E-state index contributed by atoms with van der Waals surface area (Å²) in [7, 11) is 0. The van der Waals surface area contributed by atoms with Crippen molar-refractivity contribution in [1.82, 2.24) is 16.2 Å². The molecular weight excluding hydrogens is 376 g/mol. The van der Waals surface area contributed by atoms with Crippen LogP contribution < -0.4 is 16.2 Å². The van der Waals surface area contributed by atoms with Crippen molar-refractivity contribution in [2.45, 2.75) is 33.4 Å². The first-order valence-corrected chi connectivity index (χ1v) is 7.47. The SMILES string of the molecule is CC(C)(C)[C@H](NC(=O)O)C(=O)NNCc1c(F)cc(Br)cc1F. The van der Waals surface area contributed by atoms with Crippen LogP contribution in [0.25, 0.3) is 0 Å². The van der Waals surface area contributed by atoms with Crippen LogP contribution in [0.4, 0.5) is 13.6 Å². The van der Waals surface area contributed by atoms with Crippen molar-refractivity contribution in [3.05, 3.63) is 33.8 Å². The van der Waals surface area contributed by atoms with Gasteiger partial charge in [-0.3, -0.25) is 10.2 Å². The van der Waals surface area contributed by atoms with Gasteiger partial charge in [0.05, 0.1) is 0 Å². The molecule has 9 heteroatoms. The lowest BCUT2D eigenvalue weighted by Gasteiger charge is -2.29. The second-order valence-electron chi connectivity index (χ2n) is 5.94. The van der Waals surface area contributed by atoms with Gasteiger partial charge in [0.2, 0.25) is 0 Å². The molecular formula is C14H18BrF2N3O3. The van der Waals surface area contributed by atoms with Gasteiger partial charge >= 0.3 is 6.09 Å². The third-order valence-corrected chi connectivity index (χ3v) is 3.44. The van der Waals surface area contributed by atoms with Crippen molar-refractivity contribution in [3.8, 4) is 0 Å². The molecule has 6 nitrogen and oxygen atoms in total. The van der Waals surface area contributed by atoms with Gasteiger partial charge in [0, 0.05) is 16.6 Å². The van der Waals surface area contributed by atoms with Crippen molar-refractivity contribution in [2.75, 3.05) is 0 Å². The molecule has 0 saturated heterocycles. The molecule has 0 aliphatic heterocycles. The molecule has 0 bridgehead atoms. The minimum atomic E-state index is -1.34. The van der Waals surface area contributed by atoms with Gasteiger partial charge in [-0.15, -0.1) is 0 Å². The number of benzene rings is 1. The monoisotopic (exact) mass is 393 g/mol. The Bertz CT molecular complexity index is 582. The van der Waals surface area contributed by atoms with Gasteiger partial charge in [0.15, 0.2) is 0 Å². The van der Waals surface area contributed by atoms with Gasteiger partial charge < -0.3 is 10.4 Å². The molecule has 0 aliphatic carbocycles. The Kier molecular flexibility index (Phi) is 6.46. The van der Waals surface area contributed by atoms with Gasteiger partial charge in [-0.05, 0) is 17.5 Å². The number of amides is 2. The Morgan fingerprint density at radius 1 is 1.26 bits per heavy atom. The zero-order chi connectivity index (χ0) is 17.8. The molecule has 0 unspecified atom stereocenters. The Labute approximate surface area is 140 Å². The van der Waals surface area contributed by atoms with Crippen LogP contribution in [0.1, 0.15) is 26.3 Å². The maximum Gasteiger partial charge on any atom is 0.405 e. The van der Waals surface area contributed by atoms with Crippen molar-refractivity contribution < 1.29 is 23.5 Å². The van der Waals surface area contributed by atoms with Crippen LogP contribution in [0.2, 0.25) is 0 Å². The van der Waals surface area contributed by atoms with Crippen LogP contribution in [0.15, 0.2) is 16.6 Å². The zero-order valence-corrected chi connectivity index (χ0v) is 14.4. The van der Waals surface area contributed by atoms with E-state index in [1.165, 1.54) is 0 Å². The fourth-order valence-corrected chi connectivity index (χ4v) is 2.23. The van der Waals surface area contributed by atoms with Gasteiger partial charge in [-0.1, -0.05) is 36.7 Å². The molecule has 4 N–H and O–H groups in total. The van der Waals surface area contributed by atoms with Crippen molar-refractivity contribution >= 4 is 27.9 Å². The normalized spacial score (nSPS) is 12.6. The number of hydrogen-bond donors (Lipinski definition) is 4. The summed E-state index contributed by atoms with van der Waals surface area (Å²) in [6.07, 6.45) is -1.34. The summed E-state index contributed by atoms with van der Waals surface area (Å²) >= 11 is 2.97. The molecule has 0 saturated carbocycles. The maximum absolute atomic E-state index is 13.6. The van der Waals surface area contributed by atoms with Crippen LogP contribution in [0.3, 0.4) is 0 Å². The number of carbonyl (C=O) groups excluding carboxylic acids is 1. The molecule has 23 heavy (non-hydrogen) atoms. The summed E-state index contributed by atoms with van der Waals surface area (Å²) in [5, 5.41) is 10.9. The zero-order valence-electron chi connectivity index (χ0n) is 12.8. The molecule has 128 valence electrons. The lowest BCUT2D eigenvalue weighted by molar-refractivity contribution is -0.126. The molecule has 0 radical (unpaired) electrons. The second kappa shape index (κ2) is 7.69. The molecule has 0 heterocycles. The van der Waals surface area contributed by atoms with E-state index in [0.29, 0.717) is 0 Å². The Balaban J connectivity index is 2.70. The van der Waals surface area contributed by atoms with Crippen LogP contribution in [-0.4, -0.2) is 23.1 Å². The maximum atomic E-state index is 13.6. The van der Waals surface area contributed by atoms with Gasteiger partial charge in [-0.2, -0.15) is 0 Å². The predicted molar refractivity (Wildman–Crippen MR) is 83.4 cm³/mol. The first kappa shape index (κ1) is 19.3. The number of hydrogen-bond acceptors (Lipinski definition) is 3. The molecule has 1 rings (SSSR count). The minimum Gasteiger partial charge on any atom is -0.465 e. The molecule has 1 aromatic carbocycles.